The molecule has 0 spiro atoms. The summed E-state index contributed by atoms with van der Waals surface area (Å²) in [4.78, 5) is 9.50. The first-order valence-corrected chi connectivity index (χ1v) is 15.8. The van der Waals surface area contributed by atoms with Crippen molar-refractivity contribution in [1.82, 2.24) is 9.97 Å². The predicted molar refractivity (Wildman–Crippen MR) is 157 cm³/mol. The van der Waals surface area contributed by atoms with Gasteiger partial charge < -0.3 is 4.74 Å². The van der Waals surface area contributed by atoms with Crippen molar-refractivity contribution in [3.05, 3.63) is 53.6 Å². The van der Waals surface area contributed by atoms with Crippen molar-refractivity contribution in [2.45, 2.75) is 142 Å². The van der Waals surface area contributed by atoms with Crippen LogP contribution in [0.4, 0.5) is 0 Å². The standard InChI is InChI=1S/C34H54N2O/c1-3-5-7-9-10-11-13-14-16-29-20-24-33(25-21-29)37-28-30-18-22-32(23-19-30)34-35-26-31(27-36-34)17-15-12-8-6-4-2/h20-21,24-27,30,32H,3-19,22-23,28H2,1-2H3. The average molecular weight is 507 g/mol. The molecule has 0 saturated heterocycles. The summed E-state index contributed by atoms with van der Waals surface area (Å²) in [7, 11) is 0. The molecule has 37 heavy (non-hydrogen) atoms. The Hall–Kier alpha value is -1.90. The number of aromatic nitrogens is 2. The number of aryl methyl sites for hydroxylation is 2. The minimum absolute atomic E-state index is 0.519. The van der Waals surface area contributed by atoms with Crippen LogP contribution in [0.1, 0.15) is 146 Å². The molecule has 0 amide bonds. The molecule has 1 aliphatic rings. The van der Waals surface area contributed by atoms with Gasteiger partial charge in [0.1, 0.15) is 11.6 Å². The predicted octanol–water partition coefficient (Wildman–Crippen LogP) is 10.0. The van der Waals surface area contributed by atoms with Crippen LogP contribution in [0.15, 0.2) is 36.7 Å². The molecule has 0 unspecified atom stereocenters. The van der Waals surface area contributed by atoms with E-state index in [1.807, 2.05) is 0 Å². The lowest BCUT2D eigenvalue weighted by Gasteiger charge is -2.27. The van der Waals surface area contributed by atoms with Gasteiger partial charge in [-0.2, -0.15) is 0 Å². The molecule has 3 rings (SSSR count). The molecule has 1 aliphatic carbocycles. The third-order valence-electron chi connectivity index (χ3n) is 8.23. The first kappa shape index (κ1) is 29.7. The third-order valence-corrected chi connectivity index (χ3v) is 8.23. The number of benzene rings is 1. The van der Waals surface area contributed by atoms with E-state index in [1.165, 1.54) is 127 Å². The quantitative estimate of drug-likeness (QED) is 0.178. The number of hydrogen-bond donors (Lipinski definition) is 0. The summed E-state index contributed by atoms with van der Waals surface area (Å²) in [6.45, 7) is 5.39. The zero-order valence-corrected chi connectivity index (χ0v) is 24.1. The molecule has 1 aromatic heterocycles. The van der Waals surface area contributed by atoms with Gasteiger partial charge in [-0.3, -0.25) is 0 Å². The van der Waals surface area contributed by atoms with Crippen LogP contribution in [-0.4, -0.2) is 16.6 Å². The van der Waals surface area contributed by atoms with E-state index in [0.29, 0.717) is 11.8 Å². The largest absolute Gasteiger partial charge is 0.493 e. The van der Waals surface area contributed by atoms with Crippen LogP contribution in [0.2, 0.25) is 0 Å². The van der Waals surface area contributed by atoms with Gasteiger partial charge in [0.15, 0.2) is 0 Å². The molecule has 1 aromatic carbocycles. The van der Waals surface area contributed by atoms with Crippen LogP contribution >= 0.6 is 0 Å². The van der Waals surface area contributed by atoms with E-state index in [1.54, 1.807) is 0 Å². The van der Waals surface area contributed by atoms with E-state index in [0.717, 1.165) is 24.6 Å². The van der Waals surface area contributed by atoms with E-state index in [9.17, 15) is 0 Å². The van der Waals surface area contributed by atoms with Crippen molar-refractivity contribution in [1.29, 1.82) is 0 Å². The Morgan fingerprint density at radius 2 is 1.14 bits per heavy atom. The van der Waals surface area contributed by atoms with Crippen LogP contribution in [-0.2, 0) is 12.8 Å². The van der Waals surface area contributed by atoms with Crippen molar-refractivity contribution in [2.75, 3.05) is 6.61 Å². The lowest BCUT2D eigenvalue weighted by molar-refractivity contribution is 0.198. The summed E-state index contributed by atoms with van der Waals surface area (Å²) >= 11 is 0. The van der Waals surface area contributed by atoms with E-state index in [4.69, 9.17) is 14.7 Å². The van der Waals surface area contributed by atoms with Gasteiger partial charge in [-0.25, -0.2) is 9.97 Å². The molecule has 206 valence electrons. The topological polar surface area (TPSA) is 35.0 Å². The Bertz CT molecular complexity index is 809. The number of unbranched alkanes of at least 4 members (excludes halogenated alkanes) is 11. The molecule has 0 bridgehead atoms. The Labute approximate surface area is 228 Å². The number of rotatable bonds is 19. The summed E-state index contributed by atoms with van der Waals surface area (Å²) in [5.41, 5.74) is 2.74. The molecular weight excluding hydrogens is 452 g/mol. The van der Waals surface area contributed by atoms with Crippen molar-refractivity contribution < 1.29 is 4.74 Å². The second-order valence-corrected chi connectivity index (χ2v) is 11.5. The SMILES string of the molecule is CCCCCCCCCCc1ccc(OCC2CCC(c3ncc(CCCCCCC)cn3)CC2)cc1. The number of ether oxygens (including phenoxy) is 1. The third kappa shape index (κ3) is 12.0. The van der Waals surface area contributed by atoms with Gasteiger partial charge in [0.05, 0.1) is 6.61 Å². The highest BCUT2D eigenvalue weighted by Crippen LogP contribution is 2.34. The van der Waals surface area contributed by atoms with Gasteiger partial charge in [0.2, 0.25) is 0 Å². The Morgan fingerprint density at radius 3 is 1.70 bits per heavy atom. The van der Waals surface area contributed by atoms with Crippen molar-refractivity contribution >= 4 is 0 Å². The molecule has 3 heteroatoms. The van der Waals surface area contributed by atoms with Gasteiger partial charge in [-0.15, -0.1) is 0 Å². The summed E-state index contributed by atoms with van der Waals surface area (Å²) in [6, 6.07) is 8.87. The molecule has 1 saturated carbocycles. The fourth-order valence-corrected chi connectivity index (χ4v) is 5.65. The maximum atomic E-state index is 6.18. The number of hydrogen-bond acceptors (Lipinski definition) is 3. The second kappa shape index (κ2) is 18.4. The average Bonchev–Trinajstić information content (AvgIpc) is 2.94. The highest BCUT2D eigenvalue weighted by atomic mass is 16.5. The fourth-order valence-electron chi connectivity index (χ4n) is 5.65. The van der Waals surface area contributed by atoms with E-state index in [2.05, 4.69) is 50.5 Å². The summed E-state index contributed by atoms with van der Waals surface area (Å²) < 4.78 is 6.18. The summed E-state index contributed by atoms with van der Waals surface area (Å²) in [5, 5.41) is 0. The van der Waals surface area contributed by atoms with Crippen LogP contribution in [0, 0.1) is 5.92 Å². The van der Waals surface area contributed by atoms with Gasteiger partial charge in [-0.05, 0) is 80.5 Å². The molecule has 0 radical (unpaired) electrons. The van der Waals surface area contributed by atoms with Crippen molar-refractivity contribution in [2.24, 2.45) is 5.92 Å². The van der Waals surface area contributed by atoms with Gasteiger partial charge in [-0.1, -0.05) is 96.6 Å². The van der Waals surface area contributed by atoms with Gasteiger partial charge in [0, 0.05) is 18.3 Å². The molecular formula is C34H54N2O. The highest BCUT2D eigenvalue weighted by molar-refractivity contribution is 5.27. The Kier molecular flexibility index (Phi) is 14.7. The first-order chi connectivity index (χ1) is 18.3. The molecule has 1 heterocycles. The zero-order valence-electron chi connectivity index (χ0n) is 24.1. The van der Waals surface area contributed by atoms with Gasteiger partial charge >= 0.3 is 0 Å². The minimum Gasteiger partial charge on any atom is -0.493 e. The fraction of sp³-hybridized carbons (Fsp3) is 0.706. The van der Waals surface area contributed by atoms with Crippen LogP contribution in [0.5, 0.6) is 5.75 Å². The monoisotopic (exact) mass is 506 g/mol. The van der Waals surface area contributed by atoms with Crippen LogP contribution in [0.25, 0.3) is 0 Å². The summed E-state index contributed by atoms with van der Waals surface area (Å²) in [5.74, 6) is 3.25. The van der Waals surface area contributed by atoms with Crippen LogP contribution in [0.3, 0.4) is 0 Å². The van der Waals surface area contributed by atoms with E-state index < -0.39 is 0 Å². The van der Waals surface area contributed by atoms with E-state index in [-0.39, 0.29) is 0 Å². The molecule has 0 aliphatic heterocycles. The minimum atomic E-state index is 0.519. The molecule has 0 atom stereocenters. The van der Waals surface area contributed by atoms with Gasteiger partial charge in [0.25, 0.3) is 0 Å². The Balaban J connectivity index is 1.26. The summed E-state index contributed by atoms with van der Waals surface area (Å²) in [6.07, 6.45) is 28.9. The molecule has 3 nitrogen and oxygen atoms in total. The molecule has 2 aromatic rings. The lowest BCUT2D eigenvalue weighted by atomic mass is 9.82. The zero-order chi connectivity index (χ0) is 26.0. The first-order valence-electron chi connectivity index (χ1n) is 15.8. The van der Waals surface area contributed by atoms with E-state index >= 15 is 0 Å². The van der Waals surface area contributed by atoms with Crippen LogP contribution < -0.4 is 4.74 Å². The normalized spacial score (nSPS) is 17.7. The molecule has 0 N–H and O–H groups in total. The van der Waals surface area contributed by atoms with Crippen molar-refractivity contribution in [3.63, 3.8) is 0 Å². The van der Waals surface area contributed by atoms with Crippen molar-refractivity contribution in [3.8, 4) is 5.75 Å². The smallest absolute Gasteiger partial charge is 0.131 e. The number of nitrogens with zero attached hydrogens (tertiary/aromatic N) is 2. The Morgan fingerprint density at radius 1 is 0.622 bits per heavy atom. The highest BCUT2D eigenvalue weighted by Gasteiger charge is 2.24. The molecule has 1 fully saturated rings. The lowest BCUT2D eigenvalue weighted by Crippen LogP contribution is -2.20. The maximum Gasteiger partial charge on any atom is 0.131 e. The second-order valence-electron chi connectivity index (χ2n) is 11.5. The maximum absolute atomic E-state index is 6.18.